The molecule has 1 saturated heterocycles. The van der Waals surface area contributed by atoms with Crippen LogP contribution in [-0.2, 0) is 11.3 Å². The monoisotopic (exact) mass is 274 g/mol. The van der Waals surface area contributed by atoms with Crippen molar-refractivity contribution in [2.75, 3.05) is 13.1 Å². The first-order valence-electron chi connectivity index (χ1n) is 7.52. The Morgan fingerprint density at radius 3 is 2.65 bits per heavy atom. The highest BCUT2D eigenvalue weighted by atomic mass is 16.2. The largest absolute Gasteiger partial charge is 0.352 e. The predicted molar refractivity (Wildman–Crippen MR) is 82.3 cm³/mol. The molecule has 1 unspecified atom stereocenters. The van der Waals surface area contributed by atoms with Crippen molar-refractivity contribution in [2.24, 2.45) is 5.41 Å². The molecule has 0 aromatic heterocycles. The molecule has 1 aliphatic rings. The molecule has 1 aromatic carbocycles. The van der Waals surface area contributed by atoms with E-state index in [-0.39, 0.29) is 11.3 Å². The normalized spacial score (nSPS) is 20.6. The van der Waals surface area contributed by atoms with Crippen LogP contribution in [0.15, 0.2) is 30.3 Å². The molecule has 0 bridgehead atoms. The third kappa shape index (κ3) is 4.34. The average molecular weight is 274 g/mol. The Hall–Kier alpha value is -1.35. The third-order valence-electron chi connectivity index (χ3n) is 3.77. The Morgan fingerprint density at radius 1 is 1.30 bits per heavy atom. The lowest BCUT2D eigenvalue weighted by Gasteiger charge is -2.34. The van der Waals surface area contributed by atoms with E-state index in [1.54, 1.807) is 0 Å². The van der Waals surface area contributed by atoms with Gasteiger partial charge in [-0.25, -0.2) is 0 Å². The molecule has 1 aromatic rings. The number of piperidine rings is 1. The lowest BCUT2D eigenvalue weighted by molar-refractivity contribution is -0.129. The lowest BCUT2D eigenvalue weighted by atomic mass is 9.94. The number of amides is 1. The highest BCUT2D eigenvalue weighted by molar-refractivity contribution is 5.81. The van der Waals surface area contributed by atoms with E-state index in [1.165, 1.54) is 5.56 Å². The van der Waals surface area contributed by atoms with Crippen molar-refractivity contribution in [1.29, 1.82) is 0 Å². The first-order chi connectivity index (χ1) is 9.45. The Bertz CT molecular complexity index is 436. The summed E-state index contributed by atoms with van der Waals surface area (Å²) in [5, 5.41) is 3.19. The maximum atomic E-state index is 12.1. The van der Waals surface area contributed by atoms with Crippen molar-refractivity contribution in [3.05, 3.63) is 35.9 Å². The zero-order valence-corrected chi connectivity index (χ0v) is 12.9. The summed E-state index contributed by atoms with van der Waals surface area (Å²) in [7, 11) is 0. The van der Waals surface area contributed by atoms with Crippen molar-refractivity contribution >= 4 is 5.91 Å². The third-order valence-corrected chi connectivity index (χ3v) is 3.77. The van der Waals surface area contributed by atoms with E-state index in [9.17, 15) is 4.79 Å². The topological polar surface area (TPSA) is 32.3 Å². The molecular weight excluding hydrogens is 248 g/mol. The molecule has 20 heavy (non-hydrogen) atoms. The van der Waals surface area contributed by atoms with Crippen molar-refractivity contribution < 1.29 is 4.79 Å². The average Bonchev–Trinajstić information content (AvgIpc) is 2.39. The van der Waals surface area contributed by atoms with Crippen molar-refractivity contribution in [1.82, 2.24) is 10.2 Å². The van der Waals surface area contributed by atoms with Crippen molar-refractivity contribution in [3.8, 4) is 0 Å². The van der Waals surface area contributed by atoms with Gasteiger partial charge in [-0.1, -0.05) is 51.1 Å². The second-order valence-electron chi connectivity index (χ2n) is 6.78. The van der Waals surface area contributed by atoms with Crippen LogP contribution in [0.5, 0.6) is 0 Å². The van der Waals surface area contributed by atoms with E-state index in [4.69, 9.17) is 0 Å². The van der Waals surface area contributed by atoms with E-state index < -0.39 is 0 Å². The summed E-state index contributed by atoms with van der Waals surface area (Å²) in [6.07, 6.45) is 2.25. The second kappa shape index (κ2) is 6.40. The van der Waals surface area contributed by atoms with Crippen LogP contribution in [-0.4, -0.2) is 29.9 Å². The van der Waals surface area contributed by atoms with Gasteiger partial charge >= 0.3 is 0 Å². The predicted octanol–water partition coefficient (Wildman–Crippen LogP) is 2.81. The Morgan fingerprint density at radius 2 is 2.00 bits per heavy atom. The molecule has 110 valence electrons. The number of rotatable bonds is 3. The Balaban J connectivity index is 1.87. The number of benzene rings is 1. The Kier molecular flexibility index (Phi) is 4.81. The van der Waals surface area contributed by atoms with E-state index in [0.717, 1.165) is 32.5 Å². The fraction of sp³-hybridized carbons (Fsp3) is 0.588. The number of nitrogens with zero attached hydrogens (tertiary/aromatic N) is 1. The summed E-state index contributed by atoms with van der Waals surface area (Å²) in [5.74, 6) is 0.157. The van der Waals surface area contributed by atoms with Crippen molar-refractivity contribution in [3.63, 3.8) is 0 Å². The van der Waals surface area contributed by atoms with Gasteiger partial charge in [-0.15, -0.1) is 0 Å². The molecule has 1 amide bonds. The maximum absolute atomic E-state index is 12.1. The van der Waals surface area contributed by atoms with E-state index >= 15 is 0 Å². The zero-order valence-electron chi connectivity index (χ0n) is 12.9. The molecule has 0 radical (unpaired) electrons. The minimum absolute atomic E-state index is 0.157. The standard InChI is InChI=1S/C17H26N2O/c1-17(2,3)16(20)18-15-10-7-11-19(13-15)12-14-8-5-4-6-9-14/h4-6,8-9,15H,7,10-13H2,1-3H3,(H,18,20). The number of nitrogens with one attached hydrogen (secondary N) is 1. The molecule has 0 aliphatic carbocycles. The van der Waals surface area contributed by atoms with Crippen LogP contribution >= 0.6 is 0 Å². The van der Waals surface area contributed by atoms with Crippen LogP contribution in [0.4, 0.5) is 0 Å². The molecule has 0 saturated carbocycles. The van der Waals surface area contributed by atoms with Crippen LogP contribution in [0.1, 0.15) is 39.2 Å². The molecule has 1 N–H and O–H groups in total. The highest BCUT2D eigenvalue weighted by Crippen LogP contribution is 2.17. The minimum atomic E-state index is -0.304. The molecule has 1 fully saturated rings. The quantitative estimate of drug-likeness (QED) is 0.919. The molecule has 1 heterocycles. The van der Waals surface area contributed by atoms with Gasteiger partial charge in [0.2, 0.25) is 5.91 Å². The number of likely N-dealkylation sites (tertiary alicyclic amines) is 1. The van der Waals surface area contributed by atoms with E-state index in [1.807, 2.05) is 26.8 Å². The summed E-state index contributed by atoms with van der Waals surface area (Å²) >= 11 is 0. The second-order valence-corrected chi connectivity index (χ2v) is 6.78. The lowest BCUT2D eigenvalue weighted by Crippen LogP contribution is -2.50. The minimum Gasteiger partial charge on any atom is -0.352 e. The molecule has 1 aliphatic heterocycles. The highest BCUT2D eigenvalue weighted by Gasteiger charge is 2.26. The first kappa shape index (κ1) is 15.0. The van der Waals surface area contributed by atoms with Crippen LogP contribution in [0.25, 0.3) is 0 Å². The molecular formula is C17H26N2O. The number of hydrogen-bond donors (Lipinski definition) is 1. The first-order valence-corrected chi connectivity index (χ1v) is 7.52. The van der Waals surface area contributed by atoms with Gasteiger partial charge in [-0.3, -0.25) is 9.69 Å². The van der Waals surface area contributed by atoms with Gasteiger partial charge in [0, 0.05) is 24.5 Å². The summed E-state index contributed by atoms with van der Waals surface area (Å²) in [4.78, 5) is 14.5. The molecule has 1 atom stereocenters. The van der Waals surface area contributed by atoms with Crippen LogP contribution in [0, 0.1) is 5.41 Å². The number of carbonyl (C=O) groups excluding carboxylic acids is 1. The maximum Gasteiger partial charge on any atom is 0.225 e. The van der Waals surface area contributed by atoms with Gasteiger partial charge in [0.05, 0.1) is 0 Å². The fourth-order valence-electron chi connectivity index (χ4n) is 2.56. The van der Waals surface area contributed by atoms with E-state index in [2.05, 4.69) is 34.5 Å². The SMILES string of the molecule is CC(C)(C)C(=O)NC1CCCN(Cc2ccccc2)C1. The molecule has 2 rings (SSSR count). The van der Waals surface area contributed by atoms with E-state index in [0.29, 0.717) is 6.04 Å². The van der Waals surface area contributed by atoms with Crippen molar-refractivity contribution in [2.45, 2.75) is 46.2 Å². The van der Waals surface area contributed by atoms with Crippen LogP contribution in [0.3, 0.4) is 0 Å². The van der Waals surface area contributed by atoms with Gasteiger partial charge in [0.25, 0.3) is 0 Å². The molecule has 3 heteroatoms. The summed E-state index contributed by atoms with van der Waals surface area (Å²) in [5.41, 5.74) is 1.04. The Labute approximate surface area is 122 Å². The summed E-state index contributed by atoms with van der Waals surface area (Å²) in [6.45, 7) is 8.95. The van der Waals surface area contributed by atoms with Gasteiger partial charge in [-0.2, -0.15) is 0 Å². The summed E-state index contributed by atoms with van der Waals surface area (Å²) < 4.78 is 0. The number of carbonyl (C=O) groups is 1. The van der Waals surface area contributed by atoms with Crippen LogP contribution in [0.2, 0.25) is 0 Å². The summed E-state index contributed by atoms with van der Waals surface area (Å²) in [6, 6.07) is 10.8. The zero-order chi connectivity index (χ0) is 14.6. The van der Waals surface area contributed by atoms with Crippen LogP contribution < -0.4 is 5.32 Å². The van der Waals surface area contributed by atoms with Gasteiger partial charge in [0.1, 0.15) is 0 Å². The van der Waals surface area contributed by atoms with Gasteiger partial charge in [-0.05, 0) is 24.9 Å². The number of hydrogen-bond acceptors (Lipinski definition) is 2. The fourth-order valence-corrected chi connectivity index (χ4v) is 2.56. The smallest absolute Gasteiger partial charge is 0.225 e. The van der Waals surface area contributed by atoms with Gasteiger partial charge in [0.15, 0.2) is 0 Å². The molecule has 3 nitrogen and oxygen atoms in total. The van der Waals surface area contributed by atoms with Gasteiger partial charge < -0.3 is 5.32 Å². The molecule has 0 spiro atoms.